The lowest BCUT2D eigenvalue weighted by Gasteiger charge is -2.22. The molecule has 0 aliphatic heterocycles. The van der Waals surface area contributed by atoms with Crippen molar-refractivity contribution >= 4 is 11.8 Å². The number of carbonyl (C=O) groups is 2. The highest BCUT2D eigenvalue weighted by atomic mass is 16.6. The van der Waals surface area contributed by atoms with E-state index in [0.29, 0.717) is 13.2 Å². The van der Waals surface area contributed by atoms with Crippen LogP contribution in [0.2, 0.25) is 0 Å². The summed E-state index contributed by atoms with van der Waals surface area (Å²) < 4.78 is 10.2. The molecule has 0 N–H and O–H groups in total. The Kier molecular flexibility index (Phi) is 9.41. The van der Waals surface area contributed by atoms with Crippen molar-refractivity contribution in [2.24, 2.45) is 16.4 Å². The first-order valence-electron chi connectivity index (χ1n) is 7.11. The van der Waals surface area contributed by atoms with Gasteiger partial charge < -0.3 is 9.47 Å². The van der Waals surface area contributed by atoms with Crippen LogP contribution in [0.15, 0.2) is 5.11 Å². The molecule has 0 aliphatic rings. The highest BCUT2D eigenvalue weighted by molar-refractivity contribution is 5.89. The second-order valence-electron chi connectivity index (χ2n) is 5.76. The van der Waals surface area contributed by atoms with Crippen molar-refractivity contribution in [1.29, 1.82) is 0 Å². The maximum atomic E-state index is 12.2. The number of nitrogens with zero attached hydrogens (tertiary/aromatic N) is 3. The molecule has 1 atom stereocenters. The SMILES string of the molecule is CCCOCCOC(=O)CC(CN=[N+]=[N-])C(=O)C(C)(C)C. The average molecular weight is 299 g/mol. The van der Waals surface area contributed by atoms with E-state index in [1.165, 1.54) is 0 Å². The molecule has 0 aromatic rings. The summed E-state index contributed by atoms with van der Waals surface area (Å²) >= 11 is 0. The molecule has 0 radical (unpaired) electrons. The fraction of sp³-hybridized carbons (Fsp3) is 0.857. The number of azide groups is 1. The van der Waals surface area contributed by atoms with Crippen molar-refractivity contribution in [3.63, 3.8) is 0 Å². The Morgan fingerprint density at radius 3 is 2.43 bits per heavy atom. The van der Waals surface area contributed by atoms with E-state index >= 15 is 0 Å². The molecule has 0 rings (SSSR count). The Bertz CT molecular complexity index is 384. The minimum absolute atomic E-state index is 0.0337. The standard InChI is InChI=1S/C14H25N3O4/c1-5-6-20-7-8-21-12(18)9-11(10-16-17-15)13(19)14(2,3)4/h11H,5-10H2,1-4H3. The van der Waals surface area contributed by atoms with Crippen molar-refractivity contribution in [3.8, 4) is 0 Å². The smallest absolute Gasteiger partial charge is 0.306 e. The Morgan fingerprint density at radius 2 is 1.90 bits per heavy atom. The van der Waals surface area contributed by atoms with Gasteiger partial charge in [0.05, 0.1) is 13.0 Å². The Labute approximate surface area is 125 Å². The molecule has 21 heavy (non-hydrogen) atoms. The van der Waals surface area contributed by atoms with Gasteiger partial charge in [-0.05, 0) is 12.0 Å². The van der Waals surface area contributed by atoms with Crippen LogP contribution in [-0.2, 0) is 19.1 Å². The first-order valence-corrected chi connectivity index (χ1v) is 7.11. The normalized spacial score (nSPS) is 12.4. The molecule has 7 heteroatoms. The molecule has 0 spiro atoms. The molecule has 0 saturated carbocycles. The van der Waals surface area contributed by atoms with E-state index in [1.807, 2.05) is 6.92 Å². The molecule has 0 aromatic heterocycles. The third kappa shape index (κ3) is 9.05. The number of carbonyl (C=O) groups excluding carboxylic acids is 2. The van der Waals surface area contributed by atoms with Gasteiger partial charge in [0.25, 0.3) is 0 Å². The quantitative estimate of drug-likeness (QED) is 0.203. The summed E-state index contributed by atoms with van der Waals surface area (Å²) in [5.74, 6) is -1.25. The Balaban J connectivity index is 4.36. The number of hydrogen-bond donors (Lipinski definition) is 0. The van der Waals surface area contributed by atoms with E-state index in [4.69, 9.17) is 15.0 Å². The van der Waals surface area contributed by atoms with Crippen LogP contribution in [0.25, 0.3) is 10.4 Å². The molecule has 0 aromatic carbocycles. The van der Waals surface area contributed by atoms with E-state index in [1.54, 1.807) is 20.8 Å². The van der Waals surface area contributed by atoms with Gasteiger partial charge in [-0.1, -0.05) is 32.8 Å². The third-order valence-corrected chi connectivity index (χ3v) is 2.73. The summed E-state index contributed by atoms with van der Waals surface area (Å²) in [5, 5.41) is 3.41. The highest BCUT2D eigenvalue weighted by Gasteiger charge is 2.31. The van der Waals surface area contributed by atoms with Crippen LogP contribution in [-0.4, -0.2) is 38.1 Å². The molecule has 0 bridgehead atoms. The Morgan fingerprint density at radius 1 is 1.24 bits per heavy atom. The highest BCUT2D eigenvalue weighted by Crippen LogP contribution is 2.23. The molecule has 0 saturated heterocycles. The van der Waals surface area contributed by atoms with Crippen molar-refractivity contribution in [2.45, 2.75) is 40.5 Å². The zero-order valence-corrected chi connectivity index (χ0v) is 13.3. The van der Waals surface area contributed by atoms with Gasteiger partial charge in [-0.2, -0.15) is 0 Å². The predicted octanol–water partition coefficient (Wildman–Crippen LogP) is 2.89. The zero-order valence-electron chi connectivity index (χ0n) is 13.3. The van der Waals surface area contributed by atoms with Crippen LogP contribution in [0.5, 0.6) is 0 Å². The summed E-state index contributed by atoms with van der Waals surface area (Å²) in [6.07, 6.45) is 0.825. The minimum Gasteiger partial charge on any atom is -0.463 e. The summed E-state index contributed by atoms with van der Waals surface area (Å²) in [7, 11) is 0. The van der Waals surface area contributed by atoms with Gasteiger partial charge in [-0.3, -0.25) is 9.59 Å². The van der Waals surface area contributed by atoms with Crippen LogP contribution in [0.3, 0.4) is 0 Å². The summed E-state index contributed by atoms with van der Waals surface area (Å²) in [4.78, 5) is 26.6. The largest absolute Gasteiger partial charge is 0.463 e. The van der Waals surface area contributed by atoms with Crippen molar-refractivity contribution in [3.05, 3.63) is 10.4 Å². The lowest BCUT2D eigenvalue weighted by molar-refractivity contribution is -0.148. The maximum absolute atomic E-state index is 12.2. The van der Waals surface area contributed by atoms with E-state index in [0.717, 1.165) is 6.42 Å². The number of esters is 1. The van der Waals surface area contributed by atoms with Gasteiger partial charge >= 0.3 is 5.97 Å². The molecule has 0 heterocycles. The summed E-state index contributed by atoms with van der Waals surface area (Å²) in [6, 6.07) is 0. The van der Waals surface area contributed by atoms with E-state index < -0.39 is 17.3 Å². The molecule has 0 amide bonds. The number of rotatable bonds is 10. The van der Waals surface area contributed by atoms with Gasteiger partial charge in [-0.25, -0.2) is 0 Å². The lowest BCUT2D eigenvalue weighted by Crippen LogP contribution is -2.32. The van der Waals surface area contributed by atoms with E-state index in [-0.39, 0.29) is 25.4 Å². The molecular weight excluding hydrogens is 274 g/mol. The van der Waals surface area contributed by atoms with Gasteiger partial charge in [0.15, 0.2) is 0 Å². The molecule has 1 unspecified atom stereocenters. The lowest BCUT2D eigenvalue weighted by atomic mass is 9.81. The van der Waals surface area contributed by atoms with E-state index in [2.05, 4.69) is 10.0 Å². The van der Waals surface area contributed by atoms with Gasteiger partial charge in [0.2, 0.25) is 0 Å². The molecule has 120 valence electrons. The fourth-order valence-corrected chi connectivity index (χ4v) is 1.71. The maximum Gasteiger partial charge on any atom is 0.306 e. The van der Waals surface area contributed by atoms with Crippen molar-refractivity contribution in [1.82, 2.24) is 0 Å². The van der Waals surface area contributed by atoms with Crippen molar-refractivity contribution in [2.75, 3.05) is 26.4 Å². The molecule has 7 nitrogen and oxygen atoms in total. The number of Topliss-reactive ketones (excluding diaryl/α,β-unsaturated/α-hetero) is 1. The zero-order chi connectivity index (χ0) is 16.3. The second-order valence-corrected chi connectivity index (χ2v) is 5.76. The summed E-state index contributed by atoms with van der Waals surface area (Å²) in [6.45, 7) is 8.38. The van der Waals surface area contributed by atoms with Gasteiger partial charge in [0, 0.05) is 29.4 Å². The van der Waals surface area contributed by atoms with Gasteiger partial charge in [-0.15, -0.1) is 0 Å². The second kappa shape index (κ2) is 10.2. The van der Waals surface area contributed by atoms with Crippen LogP contribution < -0.4 is 0 Å². The first kappa shape index (κ1) is 19.4. The minimum atomic E-state index is -0.648. The predicted molar refractivity (Wildman–Crippen MR) is 78.7 cm³/mol. The molecule has 0 fully saturated rings. The van der Waals surface area contributed by atoms with Crippen LogP contribution >= 0.6 is 0 Å². The topological polar surface area (TPSA) is 101 Å². The van der Waals surface area contributed by atoms with Crippen molar-refractivity contribution < 1.29 is 19.1 Å². The van der Waals surface area contributed by atoms with E-state index in [9.17, 15) is 9.59 Å². The van der Waals surface area contributed by atoms with Crippen LogP contribution in [0.4, 0.5) is 0 Å². The first-order chi connectivity index (χ1) is 9.82. The Hall–Kier alpha value is -1.59. The third-order valence-electron chi connectivity index (χ3n) is 2.73. The monoisotopic (exact) mass is 299 g/mol. The fourth-order valence-electron chi connectivity index (χ4n) is 1.71. The van der Waals surface area contributed by atoms with Gasteiger partial charge in [0.1, 0.15) is 12.4 Å². The van der Waals surface area contributed by atoms with Crippen LogP contribution in [0, 0.1) is 11.3 Å². The van der Waals surface area contributed by atoms with Crippen LogP contribution in [0.1, 0.15) is 40.5 Å². The molecular formula is C14H25N3O4. The number of ether oxygens (including phenoxy) is 2. The summed E-state index contributed by atoms with van der Waals surface area (Å²) in [5.41, 5.74) is 7.77. The molecule has 0 aliphatic carbocycles. The number of ketones is 1. The average Bonchev–Trinajstić information content (AvgIpc) is 2.41. The number of hydrogen-bond acceptors (Lipinski definition) is 5.